The normalized spacial score (nSPS) is 24.2. The van der Waals surface area contributed by atoms with Gasteiger partial charge in [0.15, 0.2) is 0 Å². The van der Waals surface area contributed by atoms with E-state index in [2.05, 4.69) is 4.74 Å². The molecule has 1 rings (SSSR count). The lowest BCUT2D eigenvalue weighted by molar-refractivity contribution is 0.129. The molecule has 0 heterocycles. The van der Waals surface area contributed by atoms with Crippen LogP contribution in [0.4, 0.5) is 4.79 Å². The van der Waals surface area contributed by atoms with Crippen LogP contribution in [0.2, 0.25) is 0 Å². The first-order valence-corrected chi connectivity index (χ1v) is 2.92. The van der Waals surface area contributed by atoms with E-state index in [1.54, 1.807) is 0 Å². The van der Waals surface area contributed by atoms with Crippen molar-refractivity contribution < 1.29 is 9.53 Å². The van der Waals surface area contributed by atoms with Crippen LogP contribution in [0.5, 0.6) is 0 Å². The number of carbonyl (C=O) groups excluding carboxylic acids is 1. The van der Waals surface area contributed by atoms with Crippen LogP contribution in [0.1, 0.15) is 12.8 Å². The minimum Gasteiger partial charge on any atom is -0.442 e. The number of hydrogen-bond donors (Lipinski definition) is 1. The zero-order valence-corrected chi connectivity index (χ0v) is 5.04. The smallest absolute Gasteiger partial charge is 0.405 e. The maximum absolute atomic E-state index is 10.1. The molecule has 3 nitrogen and oxygen atoms in total. The molecule has 9 heavy (non-hydrogen) atoms. The third-order valence-corrected chi connectivity index (χ3v) is 1.24. The van der Waals surface area contributed by atoms with Gasteiger partial charge in [0.05, 0.1) is 0 Å². The van der Waals surface area contributed by atoms with Crippen LogP contribution in [0.15, 0.2) is 12.2 Å². The minimum atomic E-state index is -0.688. The fourth-order valence-corrected chi connectivity index (χ4v) is 0.852. The molecule has 0 aromatic rings. The molecule has 0 aromatic carbocycles. The van der Waals surface area contributed by atoms with Crippen LogP contribution in [0.25, 0.3) is 0 Å². The summed E-state index contributed by atoms with van der Waals surface area (Å²) in [5.74, 6) is 0. The first kappa shape index (κ1) is 6.13. The Hall–Kier alpha value is -0.990. The summed E-state index contributed by atoms with van der Waals surface area (Å²) in [5.41, 5.74) is 4.78. The summed E-state index contributed by atoms with van der Waals surface area (Å²) in [6.45, 7) is 0. The second-order valence-corrected chi connectivity index (χ2v) is 1.98. The molecule has 0 aromatic heterocycles. The van der Waals surface area contributed by atoms with Gasteiger partial charge in [0.25, 0.3) is 0 Å². The van der Waals surface area contributed by atoms with Gasteiger partial charge >= 0.3 is 6.09 Å². The molecule has 0 spiro atoms. The van der Waals surface area contributed by atoms with E-state index < -0.39 is 6.09 Å². The van der Waals surface area contributed by atoms with Crippen molar-refractivity contribution in [2.24, 2.45) is 5.73 Å². The Morgan fingerprint density at radius 2 is 2.56 bits per heavy atom. The number of allylic oxidation sites excluding steroid dienone is 1. The van der Waals surface area contributed by atoms with Gasteiger partial charge in [-0.05, 0) is 18.9 Å². The molecule has 0 aliphatic heterocycles. The van der Waals surface area contributed by atoms with Crippen LogP contribution < -0.4 is 5.73 Å². The van der Waals surface area contributed by atoms with Gasteiger partial charge in [-0.1, -0.05) is 6.08 Å². The monoisotopic (exact) mass is 127 g/mol. The molecule has 2 N–H and O–H groups in total. The van der Waals surface area contributed by atoms with E-state index >= 15 is 0 Å². The van der Waals surface area contributed by atoms with E-state index in [1.165, 1.54) is 0 Å². The number of rotatable bonds is 1. The summed E-state index contributed by atoms with van der Waals surface area (Å²) < 4.78 is 4.66. The molecule has 1 unspecified atom stereocenters. The summed E-state index contributed by atoms with van der Waals surface area (Å²) in [6.07, 6.45) is 4.94. The fourth-order valence-electron chi connectivity index (χ4n) is 0.852. The third-order valence-electron chi connectivity index (χ3n) is 1.24. The van der Waals surface area contributed by atoms with Crippen molar-refractivity contribution in [2.45, 2.75) is 18.9 Å². The van der Waals surface area contributed by atoms with Gasteiger partial charge in [0.1, 0.15) is 6.10 Å². The highest BCUT2D eigenvalue weighted by molar-refractivity contribution is 5.65. The van der Waals surface area contributed by atoms with Gasteiger partial charge in [-0.2, -0.15) is 0 Å². The van der Waals surface area contributed by atoms with Crippen LogP contribution in [-0.2, 0) is 4.74 Å². The van der Waals surface area contributed by atoms with E-state index in [1.807, 2.05) is 12.2 Å². The second-order valence-electron chi connectivity index (χ2n) is 1.98. The van der Waals surface area contributed by atoms with Crippen molar-refractivity contribution in [1.29, 1.82) is 0 Å². The molecular weight excluding hydrogens is 118 g/mol. The molecule has 0 fully saturated rings. The van der Waals surface area contributed by atoms with E-state index in [9.17, 15) is 4.79 Å². The molecule has 1 aliphatic carbocycles. The highest BCUT2D eigenvalue weighted by Crippen LogP contribution is 2.11. The van der Waals surface area contributed by atoms with E-state index in [0.717, 1.165) is 12.8 Å². The first-order chi connectivity index (χ1) is 4.29. The molecule has 0 saturated carbocycles. The Labute approximate surface area is 53.5 Å². The summed E-state index contributed by atoms with van der Waals surface area (Å²) in [4.78, 5) is 10.1. The van der Waals surface area contributed by atoms with E-state index in [4.69, 9.17) is 5.73 Å². The Morgan fingerprint density at radius 1 is 1.78 bits per heavy atom. The average molecular weight is 127 g/mol. The van der Waals surface area contributed by atoms with E-state index in [-0.39, 0.29) is 6.10 Å². The number of carbonyl (C=O) groups is 1. The molecule has 0 bridgehead atoms. The predicted octanol–water partition coefficient (Wildman–Crippen LogP) is 0.800. The lowest BCUT2D eigenvalue weighted by Crippen LogP contribution is -2.19. The third kappa shape index (κ3) is 1.76. The number of ether oxygens (including phenoxy) is 1. The topological polar surface area (TPSA) is 52.3 Å². The highest BCUT2D eigenvalue weighted by Gasteiger charge is 2.10. The zero-order chi connectivity index (χ0) is 6.69. The van der Waals surface area contributed by atoms with Crippen LogP contribution in [0, 0.1) is 0 Å². The van der Waals surface area contributed by atoms with Gasteiger partial charge in [-0.15, -0.1) is 0 Å². The number of nitrogens with two attached hydrogens (primary N) is 1. The molecule has 1 aliphatic rings. The Bertz CT molecular complexity index is 142. The second kappa shape index (κ2) is 2.53. The van der Waals surface area contributed by atoms with Gasteiger partial charge in [-0.3, -0.25) is 0 Å². The summed E-state index contributed by atoms with van der Waals surface area (Å²) in [7, 11) is 0. The average Bonchev–Trinajstić information content (AvgIpc) is 2.15. The maximum atomic E-state index is 10.1. The van der Waals surface area contributed by atoms with E-state index in [0.29, 0.717) is 0 Å². The van der Waals surface area contributed by atoms with Crippen molar-refractivity contribution in [3.8, 4) is 0 Å². The van der Waals surface area contributed by atoms with Gasteiger partial charge in [0.2, 0.25) is 0 Å². The molecule has 50 valence electrons. The lowest BCUT2D eigenvalue weighted by Gasteiger charge is -2.05. The Morgan fingerprint density at radius 3 is 3.00 bits per heavy atom. The fraction of sp³-hybridized carbons (Fsp3) is 0.500. The van der Waals surface area contributed by atoms with Crippen molar-refractivity contribution in [3.05, 3.63) is 12.2 Å². The van der Waals surface area contributed by atoms with Crippen molar-refractivity contribution in [3.63, 3.8) is 0 Å². The van der Waals surface area contributed by atoms with Crippen molar-refractivity contribution in [1.82, 2.24) is 0 Å². The standard InChI is InChI=1S/C6H9NO2/c7-6(8)9-5-3-1-2-4-5/h1,3,5H,2,4H2,(H2,7,8). The summed E-state index contributed by atoms with van der Waals surface area (Å²) in [5, 5.41) is 0. The molecule has 0 saturated heterocycles. The van der Waals surface area contributed by atoms with Crippen LogP contribution in [0.3, 0.4) is 0 Å². The van der Waals surface area contributed by atoms with Crippen LogP contribution in [-0.4, -0.2) is 12.2 Å². The molecule has 1 amide bonds. The number of primary amides is 1. The van der Waals surface area contributed by atoms with Gasteiger partial charge < -0.3 is 10.5 Å². The maximum Gasteiger partial charge on any atom is 0.405 e. The first-order valence-electron chi connectivity index (χ1n) is 2.92. The summed E-state index contributed by atoms with van der Waals surface area (Å²) >= 11 is 0. The predicted molar refractivity (Wildman–Crippen MR) is 32.8 cm³/mol. The Kier molecular flexibility index (Phi) is 1.72. The van der Waals surface area contributed by atoms with Crippen molar-refractivity contribution >= 4 is 6.09 Å². The quantitative estimate of drug-likeness (QED) is 0.529. The molecule has 0 radical (unpaired) electrons. The SMILES string of the molecule is NC(=O)OC1C=CCC1. The largest absolute Gasteiger partial charge is 0.442 e. The summed E-state index contributed by atoms with van der Waals surface area (Å²) in [6, 6.07) is 0. The Balaban J connectivity index is 2.28. The highest BCUT2D eigenvalue weighted by atomic mass is 16.6. The van der Waals surface area contributed by atoms with Crippen LogP contribution >= 0.6 is 0 Å². The number of amides is 1. The van der Waals surface area contributed by atoms with Gasteiger partial charge in [0, 0.05) is 0 Å². The number of hydrogen-bond acceptors (Lipinski definition) is 2. The minimum absolute atomic E-state index is 0.0671. The van der Waals surface area contributed by atoms with Crippen molar-refractivity contribution in [2.75, 3.05) is 0 Å². The molecular formula is C6H9NO2. The molecule has 1 atom stereocenters. The lowest BCUT2D eigenvalue weighted by atomic mass is 10.3. The molecule has 3 heteroatoms. The zero-order valence-electron chi connectivity index (χ0n) is 5.04. The van der Waals surface area contributed by atoms with Gasteiger partial charge in [-0.25, -0.2) is 4.79 Å².